The lowest BCUT2D eigenvalue weighted by molar-refractivity contribution is 0.0596. The van der Waals surface area contributed by atoms with E-state index in [4.69, 9.17) is 4.74 Å². The number of rotatable bonds is 3. The second-order valence-electron chi connectivity index (χ2n) is 3.25. The van der Waals surface area contributed by atoms with Gasteiger partial charge >= 0.3 is 5.97 Å². The topological polar surface area (TPSA) is 69.7 Å². The molecule has 0 spiro atoms. The molecule has 5 nitrogen and oxygen atoms in total. The van der Waals surface area contributed by atoms with Crippen molar-refractivity contribution in [2.45, 2.75) is 4.90 Å². The van der Waals surface area contributed by atoms with Crippen LogP contribution in [0.25, 0.3) is 0 Å². The molecule has 1 aromatic rings. The number of carbonyl (C=O) groups excluding carboxylic acids is 1. The van der Waals surface area contributed by atoms with E-state index in [1.165, 1.54) is 26.4 Å². The third-order valence-corrected chi connectivity index (χ3v) is 3.95. The van der Waals surface area contributed by atoms with Crippen LogP contribution >= 0.6 is 22.6 Å². The second-order valence-corrected chi connectivity index (χ2v) is 6.43. The Morgan fingerprint density at radius 1 is 1.29 bits per heavy atom. The highest BCUT2D eigenvalue weighted by Crippen LogP contribution is 2.29. The number of hydrogen-bond donors (Lipinski definition) is 0. The maximum Gasteiger partial charge on any atom is 0.341 e. The second kappa shape index (κ2) is 5.21. The van der Waals surface area contributed by atoms with Crippen molar-refractivity contribution in [1.29, 1.82) is 0 Å². The average molecular weight is 370 g/mol. The molecule has 0 aliphatic heterocycles. The minimum absolute atomic E-state index is 0.0584. The molecular formula is C10H11IO5S. The van der Waals surface area contributed by atoms with Gasteiger partial charge in [0.25, 0.3) is 0 Å². The predicted octanol–water partition coefficient (Wildman–Crippen LogP) is 1.49. The normalized spacial score (nSPS) is 11.1. The molecular weight excluding hydrogens is 359 g/mol. The van der Waals surface area contributed by atoms with Crippen molar-refractivity contribution in [3.05, 3.63) is 21.3 Å². The van der Waals surface area contributed by atoms with E-state index in [9.17, 15) is 13.2 Å². The first-order chi connectivity index (χ1) is 7.81. The van der Waals surface area contributed by atoms with Crippen LogP contribution in [0.2, 0.25) is 0 Å². The fourth-order valence-electron chi connectivity index (χ4n) is 1.25. The molecule has 0 radical (unpaired) electrons. The van der Waals surface area contributed by atoms with Crippen molar-refractivity contribution in [1.82, 2.24) is 0 Å². The molecule has 0 unspecified atom stereocenters. The summed E-state index contributed by atoms with van der Waals surface area (Å²) in [4.78, 5) is 11.6. The van der Waals surface area contributed by atoms with E-state index in [-0.39, 0.29) is 10.5 Å². The zero-order chi connectivity index (χ0) is 13.2. The SMILES string of the molecule is COC(=O)c1cc(S(C)(=O)=O)cc(I)c1OC. The Hall–Kier alpha value is -0.830. The molecule has 7 heteroatoms. The Morgan fingerprint density at radius 2 is 1.88 bits per heavy atom. The Labute approximate surface area is 113 Å². The van der Waals surface area contributed by atoms with Crippen LogP contribution in [0.4, 0.5) is 0 Å². The molecule has 0 fully saturated rings. The first-order valence-electron chi connectivity index (χ1n) is 4.47. The number of halogens is 1. The Kier molecular flexibility index (Phi) is 4.36. The van der Waals surface area contributed by atoms with Crippen molar-refractivity contribution in [3.63, 3.8) is 0 Å². The minimum atomic E-state index is -3.38. The summed E-state index contributed by atoms with van der Waals surface area (Å²) < 4.78 is 33.1. The van der Waals surface area contributed by atoms with Crippen LogP contribution in [0, 0.1) is 3.57 Å². The van der Waals surface area contributed by atoms with Crippen LogP contribution in [0.5, 0.6) is 5.75 Å². The quantitative estimate of drug-likeness (QED) is 0.596. The molecule has 0 heterocycles. The molecule has 94 valence electrons. The Morgan fingerprint density at radius 3 is 2.29 bits per heavy atom. The highest BCUT2D eigenvalue weighted by molar-refractivity contribution is 14.1. The molecule has 0 N–H and O–H groups in total. The third kappa shape index (κ3) is 3.09. The van der Waals surface area contributed by atoms with E-state index in [1.54, 1.807) is 0 Å². The van der Waals surface area contributed by atoms with Gasteiger partial charge in [0, 0.05) is 6.26 Å². The van der Waals surface area contributed by atoms with Crippen molar-refractivity contribution in [2.75, 3.05) is 20.5 Å². The van der Waals surface area contributed by atoms with Gasteiger partial charge in [0.2, 0.25) is 0 Å². The highest BCUT2D eigenvalue weighted by Gasteiger charge is 2.20. The van der Waals surface area contributed by atoms with E-state index >= 15 is 0 Å². The average Bonchev–Trinajstić information content (AvgIpc) is 2.25. The van der Waals surface area contributed by atoms with Gasteiger partial charge in [-0.3, -0.25) is 0 Å². The first-order valence-corrected chi connectivity index (χ1v) is 7.44. The van der Waals surface area contributed by atoms with Gasteiger partial charge in [-0.05, 0) is 34.7 Å². The molecule has 0 aliphatic carbocycles. The fourth-order valence-corrected chi connectivity index (χ4v) is 2.97. The summed E-state index contributed by atoms with van der Waals surface area (Å²) in [5.41, 5.74) is 0.0994. The van der Waals surface area contributed by atoms with E-state index < -0.39 is 15.8 Å². The largest absolute Gasteiger partial charge is 0.495 e. The van der Waals surface area contributed by atoms with Crippen LogP contribution < -0.4 is 4.74 Å². The molecule has 0 aromatic heterocycles. The number of hydrogen-bond acceptors (Lipinski definition) is 5. The van der Waals surface area contributed by atoms with Crippen molar-refractivity contribution in [2.24, 2.45) is 0 Å². The number of ether oxygens (including phenoxy) is 2. The zero-order valence-corrected chi connectivity index (χ0v) is 12.5. The van der Waals surface area contributed by atoms with Crippen LogP contribution in [0.1, 0.15) is 10.4 Å². The lowest BCUT2D eigenvalue weighted by atomic mass is 10.2. The van der Waals surface area contributed by atoms with E-state index in [2.05, 4.69) is 4.74 Å². The Bertz CT molecular complexity index is 550. The minimum Gasteiger partial charge on any atom is -0.495 e. The monoisotopic (exact) mass is 370 g/mol. The van der Waals surface area contributed by atoms with Gasteiger partial charge in [-0.15, -0.1) is 0 Å². The number of esters is 1. The fraction of sp³-hybridized carbons (Fsp3) is 0.300. The van der Waals surface area contributed by atoms with E-state index in [1.807, 2.05) is 22.6 Å². The zero-order valence-electron chi connectivity index (χ0n) is 9.48. The molecule has 0 aliphatic rings. The van der Waals surface area contributed by atoms with Crippen LogP contribution in [-0.2, 0) is 14.6 Å². The summed E-state index contributed by atoms with van der Waals surface area (Å²) in [6, 6.07) is 2.70. The molecule has 0 amide bonds. The van der Waals surface area contributed by atoms with Crippen molar-refractivity contribution >= 4 is 38.4 Å². The number of sulfone groups is 1. The van der Waals surface area contributed by atoms with Gasteiger partial charge in [-0.1, -0.05) is 0 Å². The molecule has 0 saturated heterocycles. The predicted molar refractivity (Wildman–Crippen MR) is 70.2 cm³/mol. The molecule has 0 atom stereocenters. The summed E-state index contributed by atoms with van der Waals surface area (Å²) >= 11 is 1.90. The first kappa shape index (κ1) is 14.2. The maximum atomic E-state index is 11.5. The van der Waals surface area contributed by atoms with Crippen molar-refractivity contribution < 1.29 is 22.7 Å². The molecule has 1 rings (SSSR count). The van der Waals surface area contributed by atoms with Gasteiger partial charge in [0.1, 0.15) is 11.3 Å². The molecule has 0 saturated carbocycles. The summed E-state index contributed by atoms with van der Waals surface area (Å²) in [6.45, 7) is 0. The highest BCUT2D eigenvalue weighted by atomic mass is 127. The summed E-state index contributed by atoms with van der Waals surface area (Å²) in [5.74, 6) is -0.324. The standard InChI is InChI=1S/C10H11IO5S/c1-15-9-7(10(12)16-2)4-6(5-8(9)11)17(3,13)14/h4-5H,1-3H3. The molecule has 1 aromatic carbocycles. The van der Waals surface area contributed by atoms with Gasteiger partial charge in [-0.25, -0.2) is 13.2 Å². The molecule has 17 heavy (non-hydrogen) atoms. The van der Waals surface area contributed by atoms with Gasteiger partial charge < -0.3 is 9.47 Å². The van der Waals surface area contributed by atoms with Crippen LogP contribution in [-0.4, -0.2) is 34.9 Å². The van der Waals surface area contributed by atoms with Crippen LogP contribution in [0.15, 0.2) is 17.0 Å². The van der Waals surface area contributed by atoms with Gasteiger partial charge in [0.05, 0.1) is 22.7 Å². The van der Waals surface area contributed by atoms with Crippen molar-refractivity contribution in [3.8, 4) is 5.75 Å². The van der Waals surface area contributed by atoms with Gasteiger partial charge in [0.15, 0.2) is 9.84 Å². The number of carbonyl (C=O) groups is 1. The van der Waals surface area contributed by atoms with E-state index in [0.29, 0.717) is 9.32 Å². The van der Waals surface area contributed by atoms with Gasteiger partial charge in [-0.2, -0.15) is 0 Å². The third-order valence-electron chi connectivity index (χ3n) is 2.05. The smallest absolute Gasteiger partial charge is 0.341 e. The lowest BCUT2D eigenvalue weighted by Gasteiger charge is -2.10. The Balaban J connectivity index is 3.55. The maximum absolute atomic E-state index is 11.5. The lowest BCUT2D eigenvalue weighted by Crippen LogP contribution is -2.08. The van der Waals surface area contributed by atoms with E-state index in [0.717, 1.165) is 6.26 Å². The summed E-state index contributed by atoms with van der Waals surface area (Å²) in [5, 5.41) is 0. The number of benzene rings is 1. The van der Waals surface area contributed by atoms with Crippen LogP contribution in [0.3, 0.4) is 0 Å². The molecule has 0 bridgehead atoms. The summed E-state index contributed by atoms with van der Waals surface area (Å²) in [7, 11) is -0.752. The summed E-state index contributed by atoms with van der Waals surface area (Å²) in [6.07, 6.45) is 1.08. The number of methoxy groups -OCH3 is 2.